The highest BCUT2D eigenvalue weighted by Gasteiger charge is 2.18. The molecular weight excluding hydrogens is 276 g/mol. The van der Waals surface area contributed by atoms with Crippen molar-refractivity contribution in [3.8, 4) is 16.9 Å². The Morgan fingerprint density at radius 2 is 2.10 bits per heavy atom. The molecule has 2 rings (SSSR count). The largest absolute Gasteiger partial charge is 0.487 e. The third-order valence-electron chi connectivity index (χ3n) is 2.93. The minimum absolute atomic E-state index is 0.0343. The van der Waals surface area contributed by atoms with Gasteiger partial charge in [0.15, 0.2) is 5.75 Å². The van der Waals surface area contributed by atoms with E-state index >= 15 is 0 Å². The molecule has 0 aliphatic carbocycles. The minimum atomic E-state index is -0.433. The maximum atomic E-state index is 11.1. The van der Waals surface area contributed by atoms with E-state index in [1.54, 1.807) is 19.1 Å². The van der Waals surface area contributed by atoms with Gasteiger partial charge in [-0.25, -0.2) is 0 Å². The van der Waals surface area contributed by atoms with Gasteiger partial charge in [-0.15, -0.1) is 11.3 Å². The van der Waals surface area contributed by atoms with Gasteiger partial charge < -0.3 is 10.5 Å². The average molecular weight is 292 g/mol. The van der Waals surface area contributed by atoms with E-state index in [2.05, 4.69) is 6.92 Å². The zero-order valence-electron chi connectivity index (χ0n) is 11.4. The van der Waals surface area contributed by atoms with Crippen LogP contribution in [0.1, 0.15) is 18.7 Å². The van der Waals surface area contributed by atoms with E-state index in [-0.39, 0.29) is 11.4 Å². The number of nitrogens with zero attached hydrogens (tertiary/aromatic N) is 1. The number of nitrogen functional groups attached to an aromatic ring is 1. The van der Waals surface area contributed by atoms with Crippen LogP contribution in [-0.2, 0) is 6.42 Å². The summed E-state index contributed by atoms with van der Waals surface area (Å²) in [4.78, 5) is 11.9. The van der Waals surface area contributed by atoms with Gasteiger partial charge in [0.05, 0.1) is 16.5 Å². The normalized spacial score (nSPS) is 10.5. The van der Waals surface area contributed by atoms with E-state index < -0.39 is 4.92 Å². The standard InChI is InChI=1S/C14H16N2O3S/c1-3-10-8-11(14(15)20-10)9-5-6-13(19-4-2)12(7-9)16(17)18/h5-8H,3-4,15H2,1-2H3. The predicted octanol–water partition coefficient (Wildman–Crippen LogP) is 3.87. The summed E-state index contributed by atoms with van der Waals surface area (Å²) in [5, 5.41) is 11.8. The van der Waals surface area contributed by atoms with E-state index in [4.69, 9.17) is 10.5 Å². The fourth-order valence-electron chi connectivity index (χ4n) is 1.96. The number of ether oxygens (including phenoxy) is 1. The van der Waals surface area contributed by atoms with Gasteiger partial charge in [-0.05, 0) is 31.0 Å². The topological polar surface area (TPSA) is 78.4 Å². The smallest absolute Gasteiger partial charge is 0.311 e. The SMILES string of the molecule is CCOc1ccc(-c2cc(CC)sc2N)cc1[N+](=O)[O-]. The highest BCUT2D eigenvalue weighted by molar-refractivity contribution is 7.16. The highest BCUT2D eigenvalue weighted by Crippen LogP contribution is 2.38. The summed E-state index contributed by atoms with van der Waals surface area (Å²) >= 11 is 1.51. The Kier molecular flexibility index (Phi) is 4.24. The third kappa shape index (κ3) is 2.75. The van der Waals surface area contributed by atoms with Crippen molar-refractivity contribution in [1.82, 2.24) is 0 Å². The van der Waals surface area contributed by atoms with Crippen LogP contribution in [0.5, 0.6) is 5.75 Å². The molecule has 6 heteroatoms. The Bertz CT molecular complexity index is 637. The number of nitro groups is 1. The maximum absolute atomic E-state index is 11.1. The predicted molar refractivity (Wildman–Crippen MR) is 81.4 cm³/mol. The molecule has 0 radical (unpaired) electrons. The van der Waals surface area contributed by atoms with Crippen molar-refractivity contribution in [2.24, 2.45) is 0 Å². The van der Waals surface area contributed by atoms with E-state index in [9.17, 15) is 10.1 Å². The summed E-state index contributed by atoms with van der Waals surface area (Å²) in [6, 6.07) is 6.93. The van der Waals surface area contributed by atoms with Crippen molar-refractivity contribution >= 4 is 22.0 Å². The molecule has 0 saturated heterocycles. The van der Waals surface area contributed by atoms with Gasteiger partial charge in [-0.2, -0.15) is 0 Å². The van der Waals surface area contributed by atoms with Crippen LogP contribution in [0.2, 0.25) is 0 Å². The zero-order chi connectivity index (χ0) is 14.7. The van der Waals surface area contributed by atoms with Gasteiger partial charge >= 0.3 is 5.69 Å². The first-order chi connectivity index (χ1) is 9.56. The average Bonchev–Trinajstić information content (AvgIpc) is 2.80. The second kappa shape index (κ2) is 5.92. The third-order valence-corrected chi connectivity index (χ3v) is 4.04. The second-order valence-electron chi connectivity index (χ2n) is 4.22. The number of rotatable bonds is 5. The number of hydrogen-bond acceptors (Lipinski definition) is 5. The van der Waals surface area contributed by atoms with E-state index in [0.717, 1.165) is 22.4 Å². The number of nitrogens with two attached hydrogens (primary N) is 1. The van der Waals surface area contributed by atoms with Crippen LogP contribution in [0.3, 0.4) is 0 Å². The lowest BCUT2D eigenvalue weighted by Crippen LogP contribution is -1.97. The van der Waals surface area contributed by atoms with Crippen LogP contribution < -0.4 is 10.5 Å². The van der Waals surface area contributed by atoms with Gasteiger partial charge in [0, 0.05) is 16.5 Å². The molecule has 2 aromatic rings. The lowest BCUT2D eigenvalue weighted by molar-refractivity contribution is -0.385. The molecule has 20 heavy (non-hydrogen) atoms. The van der Waals surface area contributed by atoms with Crippen LogP contribution in [0.25, 0.3) is 11.1 Å². The van der Waals surface area contributed by atoms with Crippen LogP contribution in [0, 0.1) is 10.1 Å². The Morgan fingerprint density at radius 1 is 1.35 bits per heavy atom. The summed E-state index contributed by atoms with van der Waals surface area (Å²) in [6.07, 6.45) is 0.897. The molecule has 0 amide bonds. The summed E-state index contributed by atoms with van der Waals surface area (Å²) in [6.45, 7) is 4.23. The molecule has 0 aliphatic heterocycles. The number of nitro benzene ring substituents is 1. The second-order valence-corrected chi connectivity index (χ2v) is 5.39. The van der Waals surface area contributed by atoms with Crippen molar-refractivity contribution in [3.05, 3.63) is 39.3 Å². The summed E-state index contributed by atoms with van der Waals surface area (Å²) in [5.41, 5.74) is 7.54. The van der Waals surface area contributed by atoms with E-state index in [1.807, 2.05) is 6.07 Å². The van der Waals surface area contributed by atoms with Crippen molar-refractivity contribution in [3.63, 3.8) is 0 Å². The first-order valence-electron chi connectivity index (χ1n) is 6.36. The zero-order valence-corrected chi connectivity index (χ0v) is 12.2. The lowest BCUT2D eigenvalue weighted by Gasteiger charge is -2.06. The minimum Gasteiger partial charge on any atom is -0.487 e. The molecule has 1 aromatic heterocycles. The van der Waals surface area contributed by atoms with Crippen molar-refractivity contribution in [1.29, 1.82) is 0 Å². The molecular formula is C14H16N2O3S. The van der Waals surface area contributed by atoms with Gasteiger partial charge in [0.2, 0.25) is 0 Å². The first-order valence-corrected chi connectivity index (χ1v) is 7.18. The molecule has 0 bridgehead atoms. The number of benzene rings is 1. The van der Waals surface area contributed by atoms with Crippen LogP contribution in [-0.4, -0.2) is 11.5 Å². The summed E-state index contributed by atoms with van der Waals surface area (Å²) < 4.78 is 5.28. The van der Waals surface area contributed by atoms with E-state index in [0.29, 0.717) is 11.6 Å². The van der Waals surface area contributed by atoms with Gasteiger partial charge in [-0.3, -0.25) is 10.1 Å². The monoisotopic (exact) mass is 292 g/mol. The van der Waals surface area contributed by atoms with E-state index in [1.165, 1.54) is 17.4 Å². The Morgan fingerprint density at radius 3 is 2.65 bits per heavy atom. The molecule has 1 aromatic carbocycles. The summed E-state index contributed by atoms with van der Waals surface area (Å²) in [7, 11) is 0. The highest BCUT2D eigenvalue weighted by atomic mass is 32.1. The molecule has 0 spiro atoms. The van der Waals surface area contributed by atoms with Crippen molar-refractivity contribution in [2.75, 3.05) is 12.3 Å². The number of thiophene rings is 1. The Labute approximate surface area is 121 Å². The Hall–Kier alpha value is -2.08. The molecule has 1 heterocycles. The maximum Gasteiger partial charge on any atom is 0.311 e. The molecule has 0 unspecified atom stereocenters. The molecule has 0 fully saturated rings. The van der Waals surface area contributed by atoms with Crippen molar-refractivity contribution < 1.29 is 9.66 Å². The number of anilines is 1. The molecule has 0 aliphatic rings. The number of hydrogen-bond donors (Lipinski definition) is 1. The van der Waals surface area contributed by atoms with Crippen molar-refractivity contribution in [2.45, 2.75) is 20.3 Å². The summed E-state index contributed by atoms with van der Waals surface area (Å²) in [5.74, 6) is 0.283. The van der Waals surface area contributed by atoms with Gasteiger partial charge in [-0.1, -0.05) is 13.0 Å². The fourth-order valence-corrected chi connectivity index (χ4v) is 2.85. The van der Waals surface area contributed by atoms with Gasteiger partial charge in [0.1, 0.15) is 0 Å². The molecule has 0 atom stereocenters. The lowest BCUT2D eigenvalue weighted by atomic mass is 10.1. The molecule has 106 valence electrons. The molecule has 0 saturated carbocycles. The van der Waals surface area contributed by atoms with Crippen LogP contribution >= 0.6 is 11.3 Å². The molecule has 2 N–H and O–H groups in total. The number of aryl methyl sites for hydroxylation is 1. The Balaban J connectivity index is 2.49. The van der Waals surface area contributed by atoms with Crippen LogP contribution in [0.4, 0.5) is 10.7 Å². The van der Waals surface area contributed by atoms with Crippen LogP contribution in [0.15, 0.2) is 24.3 Å². The van der Waals surface area contributed by atoms with Gasteiger partial charge in [0.25, 0.3) is 0 Å². The fraction of sp³-hybridized carbons (Fsp3) is 0.286. The molecule has 5 nitrogen and oxygen atoms in total. The first kappa shape index (κ1) is 14.3. The quantitative estimate of drug-likeness (QED) is 0.670.